The molecule has 0 spiro atoms. The monoisotopic (exact) mass is 295 g/mol. The summed E-state index contributed by atoms with van der Waals surface area (Å²) in [4.78, 5) is 14.1. The number of hydrogen-bond acceptors (Lipinski definition) is 2. The molecule has 0 aromatic heterocycles. The van der Waals surface area contributed by atoms with Crippen molar-refractivity contribution in [3.63, 3.8) is 0 Å². The van der Waals surface area contributed by atoms with E-state index >= 15 is 0 Å². The number of rotatable bonds is 5. The minimum absolute atomic E-state index is 0.00147. The van der Waals surface area contributed by atoms with E-state index in [0.717, 1.165) is 31.2 Å². The van der Waals surface area contributed by atoms with Gasteiger partial charge in [0.1, 0.15) is 5.88 Å². The van der Waals surface area contributed by atoms with Crippen LogP contribution in [0.5, 0.6) is 0 Å². The van der Waals surface area contributed by atoms with E-state index in [1.54, 1.807) is 0 Å². The van der Waals surface area contributed by atoms with Crippen molar-refractivity contribution in [2.24, 2.45) is 5.92 Å². The lowest BCUT2D eigenvalue weighted by Gasteiger charge is -2.39. The van der Waals surface area contributed by atoms with Gasteiger partial charge in [0.05, 0.1) is 0 Å². The fourth-order valence-corrected chi connectivity index (χ4v) is 3.21. The molecule has 3 nitrogen and oxygen atoms in total. The maximum absolute atomic E-state index is 12.2. The number of benzene rings is 1. The number of carbonyl (C=O) groups is 1. The second kappa shape index (κ2) is 7.65. The number of carbonyl (C=O) groups excluding carboxylic acids is 1. The number of nitrogens with zero attached hydrogens (tertiary/aromatic N) is 1. The lowest BCUT2D eigenvalue weighted by Crippen LogP contribution is -2.47. The smallest absolute Gasteiger partial charge is 0.238 e. The Hall–Kier alpha value is -1.06. The zero-order chi connectivity index (χ0) is 14.4. The molecule has 4 heteroatoms. The zero-order valence-electron chi connectivity index (χ0n) is 11.7. The third-order valence-electron chi connectivity index (χ3n) is 4.13. The molecule has 0 heterocycles. The van der Waals surface area contributed by atoms with E-state index in [-0.39, 0.29) is 30.4 Å². The Morgan fingerprint density at radius 1 is 1.25 bits per heavy atom. The van der Waals surface area contributed by atoms with Gasteiger partial charge in [-0.05, 0) is 18.4 Å². The van der Waals surface area contributed by atoms with Crippen molar-refractivity contribution in [1.82, 2.24) is 4.90 Å². The molecule has 2 rings (SSSR count). The first-order chi connectivity index (χ1) is 9.76. The lowest BCUT2D eigenvalue weighted by molar-refractivity contribution is -0.134. The predicted octanol–water partition coefficient (Wildman–Crippen LogP) is 2.81. The van der Waals surface area contributed by atoms with E-state index in [1.165, 1.54) is 0 Å². The first-order valence-corrected chi connectivity index (χ1v) is 7.80. The van der Waals surface area contributed by atoms with Crippen LogP contribution in [0.2, 0.25) is 0 Å². The van der Waals surface area contributed by atoms with Gasteiger partial charge >= 0.3 is 0 Å². The minimum atomic E-state index is -0.0409. The van der Waals surface area contributed by atoms with Crippen LogP contribution in [-0.4, -0.2) is 34.4 Å². The molecule has 1 fully saturated rings. The van der Waals surface area contributed by atoms with Crippen LogP contribution >= 0.6 is 11.6 Å². The van der Waals surface area contributed by atoms with Crippen LogP contribution < -0.4 is 0 Å². The first kappa shape index (κ1) is 15.3. The van der Waals surface area contributed by atoms with Crippen LogP contribution in [0.3, 0.4) is 0 Å². The highest BCUT2D eigenvalue weighted by molar-refractivity contribution is 6.27. The van der Waals surface area contributed by atoms with Gasteiger partial charge in [0.25, 0.3) is 0 Å². The van der Waals surface area contributed by atoms with Crippen LogP contribution in [0.25, 0.3) is 0 Å². The fraction of sp³-hybridized carbons (Fsp3) is 0.562. The van der Waals surface area contributed by atoms with E-state index in [1.807, 2.05) is 35.2 Å². The largest absolute Gasteiger partial charge is 0.396 e. The first-order valence-electron chi connectivity index (χ1n) is 7.26. The van der Waals surface area contributed by atoms with Gasteiger partial charge in [0, 0.05) is 25.1 Å². The number of hydrogen-bond donors (Lipinski definition) is 1. The molecular formula is C16H22ClNO2. The van der Waals surface area contributed by atoms with Crippen molar-refractivity contribution >= 4 is 17.5 Å². The topological polar surface area (TPSA) is 40.5 Å². The molecule has 0 bridgehead atoms. The molecule has 0 saturated heterocycles. The number of aliphatic hydroxyl groups is 1. The average Bonchev–Trinajstić information content (AvgIpc) is 2.53. The molecular weight excluding hydrogens is 274 g/mol. The van der Waals surface area contributed by atoms with Crippen LogP contribution in [0, 0.1) is 5.92 Å². The SMILES string of the molecule is O=C(CCl)N(Cc1ccccc1)[C@H]1CCCC[C@H]1CO. The Morgan fingerprint density at radius 2 is 1.95 bits per heavy atom. The number of alkyl halides is 1. The highest BCUT2D eigenvalue weighted by Gasteiger charge is 2.32. The molecule has 1 N–H and O–H groups in total. The summed E-state index contributed by atoms with van der Waals surface area (Å²) in [5.41, 5.74) is 1.10. The minimum Gasteiger partial charge on any atom is -0.396 e. The molecule has 1 saturated carbocycles. The van der Waals surface area contributed by atoms with Crippen molar-refractivity contribution in [1.29, 1.82) is 0 Å². The quantitative estimate of drug-likeness (QED) is 0.849. The standard InChI is InChI=1S/C16H22ClNO2/c17-10-16(20)18(11-13-6-2-1-3-7-13)15-9-5-4-8-14(15)12-19/h1-3,6-7,14-15,19H,4-5,8-12H2/t14-,15-/m0/s1. The van der Waals surface area contributed by atoms with Gasteiger partial charge in [-0.3, -0.25) is 4.79 Å². The maximum Gasteiger partial charge on any atom is 0.238 e. The third kappa shape index (κ3) is 3.74. The fourth-order valence-electron chi connectivity index (χ4n) is 3.06. The molecule has 1 aromatic carbocycles. The summed E-state index contributed by atoms with van der Waals surface area (Å²) in [6, 6.07) is 10.1. The second-order valence-corrected chi connectivity index (χ2v) is 5.70. The van der Waals surface area contributed by atoms with Crippen molar-refractivity contribution in [3.8, 4) is 0 Å². The van der Waals surface area contributed by atoms with Crippen molar-refractivity contribution in [2.75, 3.05) is 12.5 Å². The van der Waals surface area contributed by atoms with E-state index in [2.05, 4.69) is 0 Å². The van der Waals surface area contributed by atoms with Crippen molar-refractivity contribution in [3.05, 3.63) is 35.9 Å². The Kier molecular flexibility index (Phi) is 5.86. The lowest BCUT2D eigenvalue weighted by atomic mass is 9.83. The van der Waals surface area contributed by atoms with Gasteiger partial charge in [-0.1, -0.05) is 43.2 Å². The number of halogens is 1. The summed E-state index contributed by atoms with van der Waals surface area (Å²) in [5, 5.41) is 9.56. The van der Waals surface area contributed by atoms with E-state index in [4.69, 9.17) is 11.6 Å². The molecule has 1 amide bonds. The molecule has 1 aliphatic carbocycles. The molecule has 0 unspecified atom stereocenters. The third-order valence-corrected chi connectivity index (χ3v) is 4.36. The van der Waals surface area contributed by atoms with Gasteiger partial charge < -0.3 is 10.0 Å². The van der Waals surface area contributed by atoms with Crippen LogP contribution in [0.1, 0.15) is 31.2 Å². The maximum atomic E-state index is 12.2. The van der Waals surface area contributed by atoms with Gasteiger partial charge in [-0.25, -0.2) is 0 Å². The van der Waals surface area contributed by atoms with E-state index in [0.29, 0.717) is 6.54 Å². The molecule has 110 valence electrons. The Labute approximate surface area is 125 Å². The molecule has 0 aliphatic heterocycles. The molecule has 20 heavy (non-hydrogen) atoms. The van der Waals surface area contributed by atoms with Crippen molar-refractivity contribution < 1.29 is 9.90 Å². The van der Waals surface area contributed by atoms with Gasteiger partial charge in [-0.2, -0.15) is 0 Å². The Morgan fingerprint density at radius 3 is 2.60 bits per heavy atom. The van der Waals surface area contributed by atoms with Gasteiger partial charge in [0.15, 0.2) is 0 Å². The van der Waals surface area contributed by atoms with Crippen molar-refractivity contribution in [2.45, 2.75) is 38.3 Å². The molecule has 1 aliphatic rings. The Bertz CT molecular complexity index is 424. The average molecular weight is 296 g/mol. The summed E-state index contributed by atoms with van der Waals surface area (Å²) in [5.74, 6) is 0.141. The highest BCUT2D eigenvalue weighted by Crippen LogP contribution is 2.29. The Balaban J connectivity index is 2.16. The predicted molar refractivity (Wildman–Crippen MR) is 80.5 cm³/mol. The second-order valence-electron chi connectivity index (χ2n) is 5.44. The summed E-state index contributed by atoms with van der Waals surface area (Å²) >= 11 is 5.77. The van der Waals surface area contributed by atoms with Crippen LogP contribution in [-0.2, 0) is 11.3 Å². The van der Waals surface area contributed by atoms with Crippen LogP contribution in [0.4, 0.5) is 0 Å². The number of amides is 1. The summed E-state index contributed by atoms with van der Waals surface area (Å²) in [6.07, 6.45) is 4.20. The normalized spacial score (nSPS) is 22.5. The van der Waals surface area contributed by atoms with Gasteiger partial charge in [-0.15, -0.1) is 11.6 Å². The van der Waals surface area contributed by atoms with E-state index < -0.39 is 0 Å². The number of aliphatic hydroxyl groups excluding tert-OH is 1. The molecule has 2 atom stereocenters. The summed E-state index contributed by atoms with van der Waals surface area (Å²) in [7, 11) is 0. The summed E-state index contributed by atoms with van der Waals surface area (Å²) in [6.45, 7) is 0.721. The zero-order valence-corrected chi connectivity index (χ0v) is 12.4. The molecule has 1 aromatic rings. The van der Waals surface area contributed by atoms with E-state index in [9.17, 15) is 9.90 Å². The highest BCUT2D eigenvalue weighted by atomic mass is 35.5. The van der Waals surface area contributed by atoms with Gasteiger partial charge in [0.2, 0.25) is 5.91 Å². The van der Waals surface area contributed by atoms with Crippen LogP contribution in [0.15, 0.2) is 30.3 Å². The molecule has 0 radical (unpaired) electrons. The summed E-state index contributed by atoms with van der Waals surface area (Å²) < 4.78 is 0.